The number of sulfonamides is 1. The zero-order chi connectivity index (χ0) is 19.3. The molecule has 3 rings (SSSR count). The Hall–Kier alpha value is -1.89. The van der Waals surface area contributed by atoms with E-state index in [2.05, 4.69) is 5.32 Å². The summed E-state index contributed by atoms with van der Waals surface area (Å²) in [4.78, 5) is 12.5. The van der Waals surface area contributed by atoms with Crippen molar-refractivity contribution in [2.24, 2.45) is 0 Å². The van der Waals surface area contributed by atoms with E-state index in [1.54, 1.807) is 24.3 Å². The van der Waals surface area contributed by atoms with Crippen molar-refractivity contribution in [1.82, 2.24) is 4.31 Å². The molecule has 2 aromatic rings. The van der Waals surface area contributed by atoms with Crippen molar-refractivity contribution in [2.45, 2.75) is 37.0 Å². The lowest BCUT2D eigenvalue weighted by Crippen LogP contribution is -2.35. The molecule has 27 heavy (non-hydrogen) atoms. The second kappa shape index (κ2) is 8.87. The highest BCUT2D eigenvalue weighted by molar-refractivity contribution is 7.89. The highest BCUT2D eigenvalue weighted by Crippen LogP contribution is 2.23. The Labute approximate surface area is 165 Å². The molecule has 1 N–H and O–H groups in total. The molecule has 0 saturated carbocycles. The molecular formula is C20H23ClN2O3S. The van der Waals surface area contributed by atoms with Gasteiger partial charge in [-0.05, 0) is 49.1 Å². The van der Waals surface area contributed by atoms with Gasteiger partial charge in [-0.15, -0.1) is 0 Å². The first-order valence-electron chi connectivity index (χ1n) is 9.10. The van der Waals surface area contributed by atoms with E-state index in [-0.39, 0.29) is 17.2 Å². The average Bonchev–Trinajstić information content (AvgIpc) is 2.68. The maximum Gasteiger partial charge on any atom is 0.243 e. The van der Waals surface area contributed by atoms with Crippen LogP contribution in [-0.2, 0) is 21.2 Å². The number of hydrogen-bond acceptors (Lipinski definition) is 3. The van der Waals surface area contributed by atoms with Crippen molar-refractivity contribution < 1.29 is 13.2 Å². The molecule has 0 aromatic heterocycles. The lowest BCUT2D eigenvalue weighted by molar-refractivity contribution is -0.116. The van der Waals surface area contributed by atoms with E-state index < -0.39 is 10.0 Å². The number of carbonyl (C=O) groups is 1. The van der Waals surface area contributed by atoms with E-state index in [0.717, 1.165) is 24.8 Å². The molecule has 1 aliphatic heterocycles. The Morgan fingerprint density at radius 1 is 1.04 bits per heavy atom. The first-order valence-corrected chi connectivity index (χ1v) is 10.9. The summed E-state index contributed by atoms with van der Waals surface area (Å²) in [7, 11) is -3.52. The fraction of sp³-hybridized carbons (Fsp3) is 0.350. The zero-order valence-corrected chi connectivity index (χ0v) is 16.6. The molecule has 2 aromatic carbocycles. The molecule has 5 nitrogen and oxygen atoms in total. The zero-order valence-electron chi connectivity index (χ0n) is 15.0. The van der Waals surface area contributed by atoms with Gasteiger partial charge in [0.15, 0.2) is 0 Å². The first kappa shape index (κ1) is 19.9. The molecule has 1 saturated heterocycles. The largest absolute Gasteiger partial charge is 0.326 e. The number of amides is 1. The predicted molar refractivity (Wildman–Crippen MR) is 107 cm³/mol. The van der Waals surface area contributed by atoms with E-state index in [0.29, 0.717) is 30.2 Å². The number of piperidine rings is 1. The predicted octanol–water partition coefficient (Wildman–Crippen LogP) is 4.09. The summed E-state index contributed by atoms with van der Waals surface area (Å²) in [5, 5.41) is 3.42. The van der Waals surface area contributed by atoms with E-state index in [4.69, 9.17) is 11.6 Å². The highest BCUT2D eigenvalue weighted by Gasteiger charge is 2.26. The monoisotopic (exact) mass is 406 g/mol. The summed E-state index contributed by atoms with van der Waals surface area (Å²) in [6.45, 7) is 1.10. The maximum absolute atomic E-state index is 12.8. The highest BCUT2D eigenvalue weighted by atomic mass is 35.5. The van der Waals surface area contributed by atoms with Crippen LogP contribution < -0.4 is 5.32 Å². The number of hydrogen-bond donors (Lipinski definition) is 1. The van der Waals surface area contributed by atoms with Gasteiger partial charge in [0, 0.05) is 30.2 Å². The van der Waals surface area contributed by atoms with Gasteiger partial charge in [-0.1, -0.05) is 42.3 Å². The standard InChI is InChI=1S/C20H23ClN2O3S/c21-19-10-3-2-7-16(19)11-12-20(24)22-17-8-6-9-18(15-17)27(25,26)23-13-4-1-5-14-23/h2-3,6-10,15H,1,4-5,11-14H2,(H,22,24). The number of rotatable bonds is 6. The number of nitrogens with zero attached hydrogens (tertiary/aromatic N) is 1. The molecule has 0 spiro atoms. The minimum atomic E-state index is -3.52. The van der Waals surface area contributed by atoms with Gasteiger partial charge in [-0.2, -0.15) is 4.31 Å². The maximum atomic E-state index is 12.8. The smallest absolute Gasteiger partial charge is 0.243 e. The molecule has 0 unspecified atom stereocenters. The number of benzene rings is 2. The summed E-state index contributed by atoms with van der Waals surface area (Å²) in [5.74, 6) is -0.178. The molecule has 1 aliphatic rings. The van der Waals surface area contributed by atoms with E-state index in [9.17, 15) is 13.2 Å². The molecule has 0 radical (unpaired) electrons. The molecule has 1 fully saturated rings. The Morgan fingerprint density at radius 3 is 2.52 bits per heavy atom. The van der Waals surface area contributed by atoms with Crippen LogP contribution in [0.15, 0.2) is 53.4 Å². The SMILES string of the molecule is O=C(CCc1ccccc1Cl)Nc1cccc(S(=O)(=O)N2CCCCC2)c1. The molecule has 0 atom stereocenters. The van der Waals surface area contributed by atoms with Crippen LogP contribution >= 0.6 is 11.6 Å². The van der Waals surface area contributed by atoms with Gasteiger partial charge in [-0.25, -0.2) is 8.42 Å². The Balaban J connectivity index is 1.65. The molecule has 144 valence electrons. The van der Waals surface area contributed by atoms with Gasteiger partial charge < -0.3 is 5.32 Å². The lowest BCUT2D eigenvalue weighted by atomic mass is 10.1. The van der Waals surface area contributed by atoms with Gasteiger partial charge in [0.1, 0.15) is 0 Å². The van der Waals surface area contributed by atoms with Gasteiger partial charge in [0.2, 0.25) is 15.9 Å². The van der Waals surface area contributed by atoms with E-state index >= 15 is 0 Å². The lowest BCUT2D eigenvalue weighted by Gasteiger charge is -2.26. The molecule has 1 amide bonds. The first-order chi connectivity index (χ1) is 13.0. The second-order valence-electron chi connectivity index (χ2n) is 6.63. The van der Waals surface area contributed by atoms with Crippen molar-refractivity contribution in [1.29, 1.82) is 0 Å². The number of halogens is 1. The Morgan fingerprint density at radius 2 is 1.78 bits per heavy atom. The topological polar surface area (TPSA) is 66.5 Å². The average molecular weight is 407 g/mol. The van der Waals surface area contributed by atoms with Crippen LogP contribution in [0, 0.1) is 0 Å². The van der Waals surface area contributed by atoms with Crippen molar-refractivity contribution in [3.8, 4) is 0 Å². The summed E-state index contributed by atoms with van der Waals surface area (Å²) in [5.41, 5.74) is 1.40. The summed E-state index contributed by atoms with van der Waals surface area (Å²) >= 11 is 6.11. The summed E-state index contributed by atoms with van der Waals surface area (Å²) < 4.78 is 27.1. The third-order valence-electron chi connectivity index (χ3n) is 4.65. The number of anilines is 1. The van der Waals surface area contributed by atoms with Crippen molar-refractivity contribution in [3.63, 3.8) is 0 Å². The van der Waals surface area contributed by atoms with Gasteiger partial charge in [-0.3, -0.25) is 4.79 Å². The fourth-order valence-corrected chi connectivity index (χ4v) is 4.96. The fourth-order valence-electron chi connectivity index (χ4n) is 3.16. The Bertz CT molecular complexity index is 909. The molecule has 0 aliphatic carbocycles. The summed E-state index contributed by atoms with van der Waals surface area (Å²) in [6.07, 6.45) is 3.63. The van der Waals surface area contributed by atoms with E-state index in [1.165, 1.54) is 10.4 Å². The molecule has 1 heterocycles. The van der Waals surface area contributed by atoms with Crippen LogP contribution in [0.2, 0.25) is 5.02 Å². The van der Waals surface area contributed by atoms with Crippen LogP contribution in [0.1, 0.15) is 31.2 Å². The van der Waals surface area contributed by atoms with Gasteiger partial charge in [0.25, 0.3) is 0 Å². The van der Waals surface area contributed by atoms with Crippen LogP contribution in [0.5, 0.6) is 0 Å². The third-order valence-corrected chi connectivity index (χ3v) is 6.91. The quantitative estimate of drug-likeness (QED) is 0.785. The van der Waals surface area contributed by atoms with Gasteiger partial charge in [0.05, 0.1) is 4.90 Å². The number of carbonyl (C=O) groups excluding carboxylic acids is 1. The van der Waals surface area contributed by atoms with E-state index in [1.807, 2.05) is 18.2 Å². The number of nitrogens with one attached hydrogen (secondary N) is 1. The minimum absolute atomic E-state index is 0.178. The molecular weight excluding hydrogens is 384 g/mol. The van der Waals surface area contributed by atoms with Crippen LogP contribution in [0.4, 0.5) is 5.69 Å². The number of aryl methyl sites for hydroxylation is 1. The van der Waals surface area contributed by atoms with Crippen LogP contribution in [0.25, 0.3) is 0 Å². The Kier molecular flexibility index (Phi) is 6.52. The molecule has 7 heteroatoms. The summed E-state index contributed by atoms with van der Waals surface area (Å²) in [6, 6.07) is 13.9. The third kappa shape index (κ3) is 5.09. The van der Waals surface area contributed by atoms with Crippen molar-refractivity contribution >= 4 is 33.2 Å². The van der Waals surface area contributed by atoms with Crippen molar-refractivity contribution in [2.75, 3.05) is 18.4 Å². The second-order valence-corrected chi connectivity index (χ2v) is 8.98. The minimum Gasteiger partial charge on any atom is -0.326 e. The van der Waals surface area contributed by atoms with Crippen molar-refractivity contribution in [3.05, 3.63) is 59.1 Å². The normalized spacial score (nSPS) is 15.4. The van der Waals surface area contributed by atoms with Crippen LogP contribution in [-0.4, -0.2) is 31.7 Å². The van der Waals surface area contributed by atoms with Crippen LogP contribution in [0.3, 0.4) is 0 Å². The molecule has 0 bridgehead atoms. The van der Waals surface area contributed by atoms with Gasteiger partial charge >= 0.3 is 0 Å².